The van der Waals surface area contributed by atoms with Crippen molar-refractivity contribution < 1.29 is 9.59 Å². The monoisotopic (exact) mass is 356 g/mol. The molecule has 2 amide bonds. The number of carbonyl (C=O) groups is 2. The zero-order valence-electron chi connectivity index (χ0n) is 14.5. The van der Waals surface area contributed by atoms with Crippen LogP contribution in [-0.2, 0) is 9.59 Å². The lowest BCUT2D eigenvalue weighted by Gasteiger charge is -2.13. The van der Waals surface area contributed by atoms with Crippen LogP contribution >= 0.6 is 11.8 Å². The van der Waals surface area contributed by atoms with Gasteiger partial charge in [0.05, 0.1) is 22.2 Å². The van der Waals surface area contributed by atoms with Crippen molar-refractivity contribution in [1.82, 2.24) is 4.90 Å². The summed E-state index contributed by atoms with van der Waals surface area (Å²) in [5.41, 5.74) is 1.40. The van der Waals surface area contributed by atoms with Gasteiger partial charge in [-0.15, -0.1) is 0 Å². The van der Waals surface area contributed by atoms with E-state index in [1.807, 2.05) is 51.1 Å². The predicted octanol–water partition coefficient (Wildman–Crippen LogP) is 2.88. The second-order valence-corrected chi connectivity index (χ2v) is 6.65. The van der Waals surface area contributed by atoms with E-state index < -0.39 is 5.92 Å². The minimum Gasteiger partial charge on any atom is -0.287 e. The van der Waals surface area contributed by atoms with Gasteiger partial charge in [-0.3, -0.25) is 19.5 Å². The van der Waals surface area contributed by atoms with E-state index in [2.05, 4.69) is 10.1 Å². The summed E-state index contributed by atoms with van der Waals surface area (Å²) in [4.78, 5) is 31.9. The minimum atomic E-state index is -0.522. The molecule has 0 spiro atoms. The van der Waals surface area contributed by atoms with Crippen molar-refractivity contribution in [3.05, 3.63) is 41.3 Å². The van der Waals surface area contributed by atoms with Crippen molar-refractivity contribution in [2.75, 3.05) is 18.1 Å². The van der Waals surface area contributed by atoms with Crippen LogP contribution in [0.25, 0.3) is 0 Å². The maximum Gasteiger partial charge on any atom is 0.266 e. The first-order chi connectivity index (χ1) is 12.1. The fraction of sp³-hybridized carbons (Fsp3) is 0.333. The van der Waals surface area contributed by atoms with E-state index in [-0.39, 0.29) is 11.8 Å². The third-order valence-corrected chi connectivity index (χ3v) is 5.06. The first-order valence-electron chi connectivity index (χ1n) is 8.26. The van der Waals surface area contributed by atoms with Crippen molar-refractivity contribution in [3.63, 3.8) is 0 Å². The average Bonchev–Trinajstić information content (AvgIpc) is 3.07. The van der Waals surface area contributed by atoms with Crippen molar-refractivity contribution >= 4 is 40.1 Å². The molecule has 1 aromatic carbocycles. The van der Waals surface area contributed by atoms with Gasteiger partial charge < -0.3 is 0 Å². The molecule has 1 aromatic rings. The van der Waals surface area contributed by atoms with Crippen LogP contribution in [0.2, 0.25) is 0 Å². The van der Waals surface area contributed by atoms with Crippen LogP contribution < -0.4 is 5.01 Å². The number of hydrogen-bond acceptors (Lipinski definition) is 5. The molecule has 0 saturated carbocycles. The Morgan fingerprint density at radius 2 is 1.96 bits per heavy atom. The fourth-order valence-corrected chi connectivity index (χ4v) is 3.85. The van der Waals surface area contributed by atoms with E-state index in [1.165, 1.54) is 16.8 Å². The molecule has 1 saturated heterocycles. The first-order valence-corrected chi connectivity index (χ1v) is 9.08. The largest absolute Gasteiger partial charge is 0.287 e. The number of rotatable bonds is 4. The molecule has 130 valence electrons. The second kappa shape index (κ2) is 7.23. The molecule has 2 aliphatic rings. The highest BCUT2D eigenvalue weighted by Crippen LogP contribution is 2.33. The maximum atomic E-state index is 12.8. The Morgan fingerprint density at radius 1 is 1.24 bits per heavy atom. The number of benzene rings is 1. The lowest BCUT2D eigenvalue weighted by atomic mass is 10.0. The summed E-state index contributed by atoms with van der Waals surface area (Å²) < 4.78 is 0. The Bertz CT molecular complexity index is 786. The summed E-state index contributed by atoms with van der Waals surface area (Å²) in [7, 11) is 0. The van der Waals surface area contributed by atoms with Crippen LogP contribution in [0.1, 0.15) is 20.8 Å². The maximum absolute atomic E-state index is 12.8. The summed E-state index contributed by atoms with van der Waals surface area (Å²) in [6, 6.07) is 9.29. The third kappa shape index (κ3) is 3.24. The SMILES string of the molecule is CCN=C1S/C(=C\[C@H]2C(=O)N(c3ccccc3)N=C2C)C(=O)N1CC. The molecular formula is C18H20N4O2S. The van der Waals surface area contributed by atoms with Gasteiger partial charge in [-0.25, -0.2) is 0 Å². The van der Waals surface area contributed by atoms with Gasteiger partial charge in [-0.05, 0) is 50.7 Å². The van der Waals surface area contributed by atoms with Crippen molar-refractivity contribution in [2.45, 2.75) is 20.8 Å². The number of aliphatic imine (C=N–C) groups is 1. The highest BCUT2D eigenvalue weighted by Gasteiger charge is 2.37. The van der Waals surface area contributed by atoms with Crippen molar-refractivity contribution in [1.29, 1.82) is 0 Å². The van der Waals surface area contributed by atoms with Gasteiger partial charge in [0.25, 0.3) is 11.8 Å². The molecule has 3 rings (SSSR count). The number of nitrogens with zero attached hydrogens (tertiary/aromatic N) is 4. The normalized spacial score (nSPS) is 24.0. The molecule has 0 unspecified atom stereocenters. The molecule has 6 nitrogen and oxygen atoms in total. The highest BCUT2D eigenvalue weighted by molar-refractivity contribution is 8.18. The molecule has 2 heterocycles. The zero-order chi connectivity index (χ0) is 18.0. The number of amides is 2. The van der Waals surface area contributed by atoms with Gasteiger partial charge >= 0.3 is 0 Å². The van der Waals surface area contributed by atoms with Gasteiger partial charge in [-0.2, -0.15) is 10.1 Å². The standard InChI is InChI=1S/C18H20N4O2S/c1-4-19-18-21(5-2)17(24)15(25-18)11-14-12(3)20-22(16(14)23)13-9-7-6-8-10-13/h6-11,14H,4-5H2,1-3H3/b15-11-,19-18?/t14-/m1/s1. The Labute approximate surface area is 151 Å². The Balaban J connectivity index is 1.87. The molecule has 0 bridgehead atoms. The number of anilines is 1. The lowest BCUT2D eigenvalue weighted by Crippen LogP contribution is -2.29. The van der Waals surface area contributed by atoms with Gasteiger partial charge in [0.1, 0.15) is 0 Å². The Kier molecular flexibility index (Phi) is 5.03. The van der Waals surface area contributed by atoms with Gasteiger partial charge in [0.15, 0.2) is 5.17 Å². The predicted molar refractivity (Wildman–Crippen MR) is 102 cm³/mol. The molecular weight excluding hydrogens is 336 g/mol. The second-order valence-electron chi connectivity index (χ2n) is 5.64. The fourth-order valence-electron chi connectivity index (χ4n) is 2.73. The molecule has 1 atom stereocenters. The highest BCUT2D eigenvalue weighted by atomic mass is 32.2. The quantitative estimate of drug-likeness (QED) is 0.779. The summed E-state index contributed by atoms with van der Waals surface area (Å²) >= 11 is 1.33. The van der Waals surface area contributed by atoms with Crippen LogP contribution in [0, 0.1) is 5.92 Å². The van der Waals surface area contributed by atoms with Crippen LogP contribution in [0.5, 0.6) is 0 Å². The number of para-hydroxylation sites is 1. The van der Waals surface area contributed by atoms with E-state index in [0.717, 1.165) is 5.69 Å². The number of likely N-dealkylation sites (N-methyl/N-ethyl adjacent to an activating group) is 1. The molecule has 0 aliphatic carbocycles. The summed E-state index contributed by atoms with van der Waals surface area (Å²) in [6.07, 6.45) is 1.72. The molecule has 1 fully saturated rings. The van der Waals surface area contributed by atoms with E-state index in [0.29, 0.717) is 28.9 Å². The van der Waals surface area contributed by atoms with E-state index in [1.54, 1.807) is 11.0 Å². The van der Waals surface area contributed by atoms with Crippen LogP contribution in [0.15, 0.2) is 51.4 Å². The summed E-state index contributed by atoms with van der Waals surface area (Å²) in [6.45, 7) is 6.83. The molecule has 0 aromatic heterocycles. The van der Waals surface area contributed by atoms with Crippen LogP contribution in [0.3, 0.4) is 0 Å². The molecule has 2 aliphatic heterocycles. The Hall–Kier alpha value is -2.41. The number of hydrogen-bond donors (Lipinski definition) is 0. The lowest BCUT2D eigenvalue weighted by molar-refractivity contribution is -0.122. The van der Waals surface area contributed by atoms with E-state index >= 15 is 0 Å². The van der Waals surface area contributed by atoms with E-state index in [9.17, 15) is 9.59 Å². The Morgan fingerprint density at radius 3 is 2.60 bits per heavy atom. The van der Waals surface area contributed by atoms with Gasteiger partial charge in [-0.1, -0.05) is 18.2 Å². The van der Waals surface area contributed by atoms with Crippen LogP contribution in [-0.4, -0.2) is 40.7 Å². The van der Waals surface area contributed by atoms with E-state index in [4.69, 9.17) is 0 Å². The molecule has 7 heteroatoms. The topological polar surface area (TPSA) is 65.3 Å². The van der Waals surface area contributed by atoms with Crippen LogP contribution in [0.4, 0.5) is 5.69 Å². The summed E-state index contributed by atoms with van der Waals surface area (Å²) in [5.74, 6) is -0.765. The third-order valence-electron chi connectivity index (χ3n) is 4.00. The van der Waals surface area contributed by atoms with Gasteiger partial charge in [0, 0.05) is 13.1 Å². The first kappa shape index (κ1) is 17.4. The molecule has 0 radical (unpaired) electrons. The number of thioether (sulfide) groups is 1. The minimum absolute atomic E-state index is 0.0986. The van der Waals surface area contributed by atoms with Crippen molar-refractivity contribution in [3.8, 4) is 0 Å². The number of amidine groups is 1. The molecule has 0 N–H and O–H groups in total. The number of carbonyl (C=O) groups excluding carboxylic acids is 2. The zero-order valence-corrected chi connectivity index (χ0v) is 15.3. The molecule has 25 heavy (non-hydrogen) atoms. The van der Waals surface area contributed by atoms with Crippen molar-refractivity contribution in [2.24, 2.45) is 16.0 Å². The average molecular weight is 356 g/mol. The van der Waals surface area contributed by atoms with Gasteiger partial charge in [0.2, 0.25) is 0 Å². The smallest absolute Gasteiger partial charge is 0.266 e. The number of hydrazone groups is 1. The summed E-state index contributed by atoms with van der Waals surface area (Å²) in [5, 5.41) is 6.47.